The third-order valence-electron chi connectivity index (χ3n) is 1.67. The molecule has 0 radical (unpaired) electrons. The topological polar surface area (TPSA) is 181 Å². The molecular weight excluding hydrogens is 242 g/mol. The van der Waals surface area contributed by atoms with E-state index in [-0.39, 0.29) is 5.48 Å². The summed E-state index contributed by atoms with van der Waals surface area (Å²) < 4.78 is 0. The third kappa shape index (κ3) is 2.40. The second-order valence-electron chi connectivity index (χ2n) is 2.57. The van der Waals surface area contributed by atoms with Crippen LogP contribution in [0.4, 0.5) is 17.1 Å². The quantitative estimate of drug-likeness (QED) is 0.587. The number of nitro benzene ring substituents is 3. The maximum Gasteiger partial charge on any atom is 0.426 e. The molecule has 17 heavy (non-hydrogen) atoms. The Kier molecular flexibility index (Phi) is 4.00. The zero-order valence-electron chi connectivity index (χ0n) is 7.89. The van der Waals surface area contributed by atoms with Crippen LogP contribution in [0.2, 0.25) is 0 Å². The number of hydrogen-bond acceptors (Lipinski definition) is 7. The number of nitro groups is 3. The number of rotatable bonds is 3. The SMILES string of the molecule is O.O=[N+]([O-])c1ccc(O)c([N+](=O)[O-])c1[N+](=O)[O-]. The van der Waals surface area contributed by atoms with Gasteiger partial charge in [0.15, 0.2) is 0 Å². The van der Waals surface area contributed by atoms with Gasteiger partial charge in [-0.1, -0.05) is 0 Å². The molecule has 0 bridgehead atoms. The van der Waals surface area contributed by atoms with Crippen molar-refractivity contribution in [1.82, 2.24) is 0 Å². The summed E-state index contributed by atoms with van der Waals surface area (Å²) in [6, 6.07) is 1.28. The molecule has 3 N–H and O–H groups in total. The molecule has 0 fully saturated rings. The Balaban J connectivity index is 0.00000256. The van der Waals surface area contributed by atoms with Crippen LogP contribution < -0.4 is 0 Å². The zero-order valence-corrected chi connectivity index (χ0v) is 7.89. The Morgan fingerprint density at radius 1 is 0.882 bits per heavy atom. The Hall–Kier alpha value is -2.82. The fourth-order valence-electron chi connectivity index (χ4n) is 1.07. The molecule has 11 heteroatoms. The van der Waals surface area contributed by atoms with Gasteiger partial charge in [-0.2, -0.15) is 0 Å². The van der Waals surface area contributed by atoms with Crippen LogP contribution in [-0.2, 0) is 0 Å². The van der Waals surface area contributed by atoms with Crippen LogP contribution in [0.25, 0.3) is 0 Å². The van der Waals surface area contributed by atoms with Gasteiger partial charge in [-0.05, 0) is 6.07 Å². The van der Waals surface area contributed by atoms with Gasteiger partial charge in [0.25, 0.3) is 0 Å². The minimum absolute atomic E-state index is 0. The fourth-order valence-corrected chi connectivity index (χ4v) is 1.07. The van der Waals surface area contributed by atoms with E-state index in [9.17, 15) is 30.3 Å². The van der Waals surface area contributed by atoms with Gasteiger partial charge in [0.05, 0.1) is 14.8 Å². The van der Waals surface area contributed by atoms with Crippen LogP contribution in [0.1, 0.15) is 0 Å². The molecule has 0 spiro atoms. The van der Waals surface area contributed by atoms with Crippen molar-refractivity contribution in [2.45, 2.75) is 0 Å². The Morgan fingerprint density at radius 2 is 1.35 bits per heavy atom. The maximum atomic E-state index is 10.5. The van der Waals surface area contributed by atoms with Crippen LogP contribution in [0.3, 0.4) is 0 Å². The molecule has 0 atom stereocenters. The van der Waals surface area contributed by atoms with Crippen molar-refractivity contribution in [1.29, 1.82) is 0 Å². The number of phenolic OH excluding ortho intramolecular Hbond substituents is 1. The predicted molar refractivity (Wildman–Crippen MR) is 51.7 cm³/mol. The van der Waals surface area contributed by atoms with Gasteiger partial charge >= 0.3 is 17.1 Å². The van der Waals surface area contributed by atoms with Gasteiger partial charge < -0.3 is 10.6 Å². The summed E-state index contributed by atoms with van der Waals surface area (Å²) in [5, 5.41) is 40.4. The molecule has 1 aromatic carbocycles. The molecule has 0 heterocycles. The average molecular weight is 247 g/mol. The minimum atomic E-state index is -1.34. The van der Waals surface area contributed by atoms with Crippen LogP contribution in [0.15, 0.2) is 12.1 Å². The predicted octanol–water partition coefficient (Wildman–Crippen LogP) is 0.292. The van der Waals surface area contributed by atoms with E-state index in [1.807, 2.05) is 0 Å². The van der Waals surface area contributed by atoms with Gasteiger partial charge in [-0.3, -0.25) is 30.3 Å². The molecule has 1 aromatic rings. The number of hydrogen-bond donors (Lipinski definition) is 1. The van der Waals surface area contributed by atoms with E-state index in [1.165, 1.54) is 0 Å². The van der Waals surface area contributed by atoms with Crippen molar-refractivity contribution >= 4 is 17.1 Å². The first-order chi connectivity index (χ1) is 7.36. The summed E-state index contributed by atoms with van der Waals surface area (Å²) in [7, 11) is 0. The molecule has 1 rings (SSSR count). The molecule has 0 aromatic heterocycles. The van der Waals surface area contributed by atoms with Crippen LogP contribution >= 0.6 is 0 Å². The third-order valence-corrected chi connectivity index (χ3v) is 1.67. The van der Waals surface area contributed by atoms with Crippen molar-refractivity contribution in [3.05, 3.63) is 42.5 Å². The highest BCUT2D eigenvalue weighted by Crippen LogP contribution is 2.41. The van der Waals surface area contributed by atoms with Crippen LogP contribution in [0.5, 0.6) is 5.75 Å². The molecule has 92 valence electrons. The molecule has 0 aliphatic heterocycles. The first kappa shape index (κ1) is 14.2. The first-order valence-corrected chi connectivity index (χ1v) is 3.65. The second kappa shape index (κ2) is 4.80. The van der Waals surface area contributed by atoms with E-state index < -0.39 is 37.6 Å². The van der Waals surface area contributed by atoms with Crippen molar-refractivity contribution in [2.24, 2.45) is 0 Å². The molecule has 0 saturated carbocycles. The fraction of sp³-hybridized carbons (Fsp3) is 0. The van der Waals surface area contributed by atoms with Crippen LogP contribution in [0, 0.1) is 30.3 Å². The molecule has 0 aliphatic carbocycles. The molecular formula is C6H5N3O8. The summed E-state index contributed by atoms with van der Waals surface area (Å²) in [5.41, 5.74) is -3.68. The van der Waals surface area contributed by atoms with Gasteiger partial charge in [-0.15, -0.1) is 0 Å². The lowest BCUT2D eigenvalue weighted by Gasteiger charge is -1.98. The van der Waals surface area contributed by atoms with Gasteiger partial charge in [-0.25, -0.2) is 0 Å². The Bertz CT molecular complexity index is 498. The van der Waals surface area contributed by atoms with Gasteiger partial charge in [0.1, 0.15) is 0 Å². The highest BCUT2D eigenvalue weighted by Gasteiger charge is 2.38. The lowest BCUT2D eigenvalue weighted by Crippen LogP contribution is -2.01. The van der Waals surface area contributed by atoms with E-state index in [0.29, 0.717) is 12.1 Å². The van der Waals surface area contributed by atoms with Crippen LogP contribution in [-0.4, -0.2) is 25.4 Å². The van der Waals surface area contributed by atoms with Crippen molar-refractivity contribution in [2.75, 3.05) is 0 Å². The lowest BCUT2D eigenvalue weighted by molar-refractivity contribution is -0.441. The summed E-state index contributed by atoms with van der Waals surface area (Å²) in [4.78, 5) is 27.7. The molecule has 0 unspecified atom stereocenters. The van der Waals surface area contributed by atoms with E-state index in [4.69, 9.17) is 5.11 Å². The Morgan fingerprint density at radius 3 is 1.71 bits per heavy atom. The normalized spacial score (nSPS) is 9.18. The first-order valence-electron chi connectivity index (χ1n) is 3.65. The zero-order chi connectivity index (χ0) is 12.5. The summed E-state index contributed by atoms with van der Waals surface area (Å²) in [6.45, 7) is 0. The van der Waals surface area contributed by atoms with Crippen molar-refractivity contribution in [3.63, 3.8) is 0 Å². The summed E-state index contributed by atoms with van der Waals surface area (Å²) >= 11 is 0. The molecule has 11 nitrogen and oxygen atoms in total. The number of benzene rings is 1. The smallest absolute Gasteiger partial charge is 0.426 e. The largest absolute Gasteiger partial charge is 0.502 e. The highest BCUT2D eigenvalue weighted by atomic mass is 16.6. The van der Waals surface area contributed by atoms with Crippen molar-refractivity contribution in [3.8, 4) is 5.75 Å². The monoisotopic (exact) mass is 247 g/mol. The number of nitrogens with zero attached hydrogens (tertiary/aromatic N) is 3. The standard InChI is InChI=1S/C6H3N3O7.H2O/c10-4-2-1-3(7(11)12)5(8(13)14)6(4)9(15)16;/h1-2,10H;1H2. The number of aromatic hydroxyl groups is 1. The van der Waals surface area contributed by atoms with Gasteiger partial charge in [0, 0.05) is 6.07 Å². The van der Waals surface area contributed by atoms with Crippen molar-refractivity contribution < 1.29 is 25.4 Å². The van der Waals surface area contributed by atoms with E-state index in [1.54, 1.807) is 0 Å². The van der Waals surface area contributed by atoms with E-state index >= 15 is 0 Å². The minimum Gasteiger partial charge on any atom is -0.502 e. The molecule has 0 aliphatic rings. The highest BCUT2D eigenvalue weighted by molar-refractivity contribution is 5.71. The van der Waals surface area contributed by atoms with E-state index in [2.05, 4.69) is 0 Å². The average Bonchev–Trinajstić information content (AvgIpc) is 2.15. The molecule has 0 saturated heterocycles. The Labute approximate surface area is 91.7 Å². The molecule has 0 amide bonds. The maximum absolute atomic E-state index is 10.5. The lowest BCUT2D eigenvalue weighted by atomic mass is 10.2. The summed E-state index contributed by atoms with van der Waals surface area (Å²) in [5.74, 6) is -0.998. The van der Waals surface area contributed by atoms with Gasteiger partial charge in [0.2, 0.25) is 5.75 Å². The number of phenols is 1. The van der Waals surface area contributed by atoms with E-state index in [0.717, 1.165) is 0 Å². The summed E-state index contributed by atoms with van der Waals surface area (Å²) in [6.07, 6.45) is 0. The second-order valence-corrected chi connectivity index (χ2v) is 2.57.